The molecule has 1 atom stereocenters. The lowest BCUT2D eigenvalue weighted by atomic mass is 9.94. The first-order valence-electron chi connectivity index (χ1n) is 4.43. The van der Waals surface area contributed by atoms with Crippen molar-refractivity contribution in [2.24, 2.45) is 0 Å². The van der Waals surface area contributed by atoms with Gasteiger partial charge in [-0.15, -0.1) is 0 Å². The second-order valence-corrected chi connectivity index (χ2v) is 3.38. The van der Waals surface area contributed by atoms with Crippen LogP contribution in [-0.2, 0) is 12.0 Å². The Hall–Kier alpha value is -0.890. The minimum atomic E-state index is -0.594. The van der Waals surface area contributed by atoms with E-state index < -0.39 is 5.60 Å². The number of nitrogens with zero attached hydrogens (tertiary/aromatic N) is 1. The van der Waals surface area contributed by atoms with Crippen LogP contribution in [0.25, 0.3) is 0 Å². The summed E-state index contributed by atoms with van der Waals surface area (Å²) in [7, 11) is 0. The fraction of sp³-hybridized carbons (Fsp3) is 0.500. The van der Waals surface area contributed by atoms with E-state index in [1.54, 1.807) is 6.20 Å². The lowest BCUT2D eigenvalue weighted by Crippen LogP contribution is -2.20. The molecule has 0 bridgehead atoms. The summed E-state index contributed by atoms with van der Waals surface area (Å²) in [5.74, 6) is 0. The normalized spacial score (nSPS) is 27.2. The van der Waals surface area contributed by atoms with E-state index in [4.69, 9.17) is 0 Å². The SMILES string of the molecule is CCC1(O)CCc2ncccc21. The molecule has 2 heteroatoms. The lowest BCUT2D eigenvalue weighted by Gasteiger charge is -2.20. The summed E-state index contributed by atoms with van der Waals surface area (Å²) in [6.45, 7) is 2.02. The number of aliphatic hydroxyl groups is 1. The summed E-state index contributed by atoms with van der Waals surface area (Å²) in [5.41, 5.74) is 1.51. The molecule has 0 fully saturated rings. The van der Waals surface area contributed by atoms with Crippen LogP contribution >= 0.6 is 0 Å². The Morgan fingerprint density at radius 2 is 2.50 bits per heavy atom. The van der Waals surface area contributed by atoms with Gasteiger partial charge in [0.2, 0.25) is 0 Å². The number of pyridine rings is 1. The van der Waals surface area contributed by atoms with Gasteiger partial charge in [0.15, 0.2) is 0 Å². The van der Waals surface area contributed by atoms with Crippen molar-refractivity contribution in [3.05, 3.63) is 29.6 Å². The summed E-state index contributed by atoms with van der Waals surface area (Å²) in [4.78, 5) is 4.24. The van der Waals surface area contributed by atoms with Crippen LogP contribution in [0.1, 0.15) is 31.0 Å². The second-order valence-electron chi connectivity index (χ2n) is 3.38. The molecule has 2 rings (SSSR count). The molecule has 1 aromatic heterocycles. The molecule has 1 aliphatic rings. The van der Waals surface area contributed by atoms with Crippen molar-refractivity contribution in [3.8, 4) is 0 Å². The Kier molecular flexibility index (Phi) is 1.65. The summed E-state index contributed by atoms with van der Waals surface area (Å²) in [5, 5.41) is 10.1. The minimum Gasteiger partial charge on any atom is -0.385 e. The molecule has 1 N–H and O–H groups in total. The van der Waals surface area contributed by atoms with Gasteiger partial charge in [-0.2, -0.15) is 0 Å². The predicted molar refractivity (Wildman–Crippen MR) is 46.7 cm³/mol. The van der Waals surface area contributed by atoms with Gasteiger partial charge >= 0.3 is 0 Å². The molecule has 0 aromatic carbocycles. The summed E-state index contributed by atoms with van der Waals surface area (Å²) in [6.07, 6.45) is 4.32. The largest absolute Gasteiger partial charge is 0.385 e. The predicted octanol–water partition coefficient (Wildman–Crippen LogP) is 1.63. The number of fused-ring (bicyclic) bond motifs is 1. The lowest BCUT2D eigenvalue weighted by molar-refractivity contribution is 0.0345. The van der Waals surface area contributed by atoms with Crippen LogP contribution in [-0.4, -0.2) is 10.1 Å². The molecule has 0 radical (unpaired) electrons. The molecule has 0 aliphatic heterocycles. The Bertz CT molecular complexity index is 298. The zero-order valence-electron chi connectivity index (χ0n) is 7.25. The van der Waals surface area contributed by atoms with Gasteiger partial charge < -0.3 is 5.11 Å². The van der Waals surface area contributed by atoms with Crippen molar-refractivity contribution < 1.29 is 5.11 Å². The van der Waals surface area contributed by atoms with Crippen LogP contribution < -0.4 is 0 Å². The highest BCUT2D eigenvalue weighted by Gasteiger charge is 2.35. The van der Waals surface area contributed by atoms with Crippen molar-refractivity contribution in [2.45, 2.75) is 31.8 Å². The van der Waals surface area contributed by atoms with Crippen LogP contribution in [0, 0.1) is 0 Å². The number of hydrogen-bond donors (Lipinski definition) is 1. The average Bonchev–Trinajstić information content (AvgIpc) is 2.46. The molecule has 1 aromatic rings. The van der Waals surface area contributed by atoms with Crippen molar-refractivity contribution in [3.63, 3.8) is 0 Å². The molecule has 1 aliphatic carbocycles. The van der Waals surface area contributed by atoms with Gasteiger partial charge in [0.05, 0.1) is 5.60 Å². The van der Waals surface area contributed by atoms with Crippen molar-refractivity contribution in [1.29, 1.82) is 0 Å². The first kappa shape index (κ1) is 7.74. The molecule has 12 heavy (non-hydrogen) atoms. The Morgan fingerprint density at radius 3 is 3.25 bits per heavy atom. The number of aryl methyl sites for hydroxylation is 1. The van der Waals surface area contributed by atoms with E-state index in [1.807, 2.05) is 19.1 Å². The Morgan fingerprint density at radius 1 is 1.67 bits per heavy atom. The highest BCUT2D eigenvalue weighted by Crippen LogP contribution is 2.37. The van der Waals surface area contributed by atoms with E-state index in [0.29, 0.717) is 0 Å². The number of hydrogen-bond acceptors (Lipinski definition) is 2. The fourth-order valence-electron chi connectivity index (χ4n) is 1.89. The van der Waals surface area contributed by atoms with Crippen molar-refractivity contribution in [2.75, 3.05) is 0 Å². The van der Waals surface area contributed by atoms with E-state index in [1.165, 1.54) is 0 Å². The third-order valence-corrected chi connectivity index (χ3v) is 2.75. The van der Waals surface area contributed by atoms with Gasteiger partial charge in [-0.05, 0) is 25.3 Å². The van der Waals surface area contributed by atoms with E-state index in [9.17, 15) is 5.11 Å². The standard InChI is InChI=1S/C10H13NO/c1-2-10(12)6-5-9-8(10)4-3-7-11-9/h3-4,7,12H,2,5-6H2,1H3. The average molecular weight is 163 g/mol. The molecule has 1 unspecified atom stereocenters. The smallest absolute Gasteiger partial charge is 0.0915 e. The first-order chi connectivity index (χ1) is 5.76. The zero-order chi connectivity index (χ0) is 8.60. The third-order valence-electron chi connectivity index (χ3n) is 2.75. The van der Waals surface area contributed by atoms with Crippen LogP contribution in [0.5, 0.6) is 0 Å². The van der Waals surface area contributed by atoms with Crippen LogP contribution in [0.2, 0.25) is 0 Å². The van der Waals surface area contributed by atoms with Crippen LogP contribution in [0.15, 0.2) is 18.3 Å². The van der Waals surface area contributed by atoms with E-state index in [0.717, 1.165) is 30.5 Å². The topological polar surface area (TPSA) is 33.1 Å². The maximum absolute atomic E-state index is 10.1. The molecular formula is C10H13NO. The minimum absolute atomic E-state index is 0.594. The Labute approximate surface area is 72.3 Å². The summed E-state index contributed by atoms with van der Waals surface area (Å²) < 4.78 is 0. The maximum Gasteiger partial charge on any atom is 0.0915 e. The summed E-state index contributed by atoms with van der Waals surface area (Å²) >= 11 is 0. The molecule has 0 saturated heterocycles. The summed E-state index contributed by atoms with van der Waals surface area (Å²) in [6, 6.07) is 3.88. The zero-order valence-corrected chi connectivity index (χ0v) is 7.25. The van der Waals surface area contributed by atoms with E-state index >= 15 is 0 Å². The van der Waals surface area contributed by atoms with Gasteiger partial charge in [-0.3, -0.25) is 4.98 Å². The highest BCUT2D eigenvalue weighted by atomic mass is 16.3. The first-order valence-corrected chi connectivity index (χ1v) is 4.43. The molecule has 2 nitrogen and oxygen atoms in total. The maximum atomic E-state index is 10.1. The van der Waals surface area contributed by atoms with E-state index in [2.05, 4.69) is 4.98 Å². The number of rotatable bonds is 1. The van der Waals surface area contributed by atoms with Gasteiger partial charge in [0.1, 0.15) is 0 Å². The second kappa shape index (κ2) is 2.56. The van der Waals surface area contributed by atoms with Gasteiger partial charge in [-0.1, -0.05) is 13.0 Å². The molecular weight excluding hydrogens is 150 g/mol. The molecule has 0 amide bonds. The van der Waals surface area contributed by atoms with Crippen molar-refractivity contribution in [1.82, 2.24) is 4.98 Å². The monoisotopic (exact) mass is 163 g/mol. The third kappa shape index (κ3) is 0.950. The van der Waals surface area contributed by atoms with E-state index in [-0.39, 0.29) is 0 Å². The molecule has 0 saturated carbocycles. The van der Waals surface area contributed by atoms with Crippen LogP contribution in [0.3, 0.4) is 0 Å². The number of aromatic nitrogens is 1. The highest BCUT2D eigenvalue weighted by molar-refractivity contribution is 5.31. The molecule has 64 valence electrons. The Balaban J connectivity index is 2.49. The van der Waals surface area contributed by atoms with Gasteiger partial charge in [0.25, 0.3) is 0 Å². The quantitative estimate of drug-likeness (QED) is 0.682. The van der Waals surface area contributed by atoms with Gasteiger partial charge in [0, 0.05) is 17.5 Å². The molecule has 0 spiro atoms. The van der Waals surface area contributed by atoms with Gasteiger partial charge in [-0.25, -0.2) is 0 Å². The molecule has 1 heterocycles. The van der Waals surface area contributed by atoms with Crippen LogP contribution in [0.4, 0.5) is 0 Å². The fourth-order valence-corrected chi connectivity index (χ4v) is 1.89. The van der Waals surface area contributed by atoms with Crippen molar-refractivity contribution >= 4 is 0 Å².